The van der Waals surface area contributed by atoms with Crippen molar-refractivity contribution in [1.29, 1.82) is 0 Å². The summed E-state index contributed by atoms with van der Waals surface area (Å²) in [7, 11) is 3.45. The zero-order valence-electron chi connectivity index (χ0n) is 15.2. The molecule has 3 rings (SSSR count). The first-order chi connectivity index (χ1) is 12.9. The minimum Gasteiger partial charge on any atom is -0.486 e. The molecule has 0 spiro atoms. The van der Waals surface area contributed by atoms with Crippen molar-refractivity contribution in [3.63, 3.8) is 0 Å². The van der Waals surface area contributed by atoms with E-state index >= 15 is 0 Å². The lowest BCUT2D eigenvalue weighted by atomic mass is 10.1. The van der Waals surface area contributed by atoms with Crippen LogP contribution in [0, 0.1) is 0 Å². The van der Waals surface area contributed by atoms with Crippen LogP contribution in [0.3, 0.4) is 0 Å². The van der Waals surface area contributed by atoms with E-state index in [4.69, 9.17) is 9.26 Å². The van der Waals surface area contributed by atoms with Gasteiger partial charge >= 0.3 is 0 Å². The Morgan fingerprint density at radius 1 is 1.30 bits per heavy atom. The van der Waals surface area contributed by atoms with E-state index in [0.29, 0.717) is 29.4 Å². The molecule has 0 bridgehead atoms. The number of carbonyl (C=O) groups excluding carboxylic acids is 2. The van der Waals surface area contributed by atoms with Crippen molar-refractivity contribution in [2.75, 3.05) is 7.05 Å². The second-order valence-corrected chi connectivity index (χ2v) is 6.07. The summed E-state index contributed by atoms with van der Waals surface area (Å²) in [6.45, 7) is 1.88. The molecule has 2 heterocycles. The van der Waals surface area contributed by atoms with Crippen LogP contribution in [0.15, 0.2) is 41.2 Å². The van der Waals surface area contributed by atoms with Gasteiger partial charge in [-0.25, -0.2) is 0 Å². The molecular weight excluding hydrogens is 350 g/mol. The fourth-order valence-electron chi connectivity index (χ4n) is 2.37. The van der Waals surface area contributed by atoms with Crippen molar-refractivity contribution >= 4 is 11.7 Å². The second-order valence-electron chi connectivity index (χ2n) is 6.07. The molecule has 0 aliphatic rings. The number of aryl methyl sites for hydroxylation is 1. The van der Waals surface area contributed by atoms with Gasteiger partial charge in [-0.05, 0) is 19.1 Å². The third-order valence-electron chi connectivity index (χ3n) is 3.93. The Morgan fingerprint density at radius 3 is 2.81 bits per heavy atom. The summed E-state index contributed by atoms with van der Waals surface area (Å²) in [6.07, 6.45) is 1.57. The lowest BCUT2D eigenvalue weighted by molar-refractivity contribution is 0.0769. The predicted octanol–water partition coefficient (Wildman–Crippen LogP) is 1.86. The van der Waals surface area contributed by atoms with Crippen molar-refractivity contribution in [1.82, 2.24) is 24.8 Å². The lowest BCUT2D eigenvalue weighted by Crippen LogP contribution is -2.27. The van der Waals surface area contributed by atoms with E-state index in [1.54, 1.807) is 49.3 Å². The molecule has 1 aromatic carbocycles. The average Bonchev–Trinajstić information content (AvgIpc) is 3.29. The maximum atomic E-state index is 12.5. The second kappa shape index (κ2) is 7.81. The minimum atomic E-state index is -0.299. The molecule has 0 aliphatic heterocycles. The van der Waals surface area contributed by atoms with Crippen molar-refractivity contribution in [3.05, 3.63) is 59.5 Å². The number of benzene rings is 1. The van der Waals surface area contributed by atoms with Crippen LogP contribution in [0.25, 0.3) is 0 Å². The van der Waals surface area contributed by atoms with Crippen LogP contribution in [0.2, 0.25) is 0 Å². The van der Waals surface area contributed by atoms with Crippen molar-refractivity contribution in [2.45, 2.75) is 20.1 Å². The largest absolute Gasteiger partial charge is 0.486 e. The van der Waals surface area contributed by atoms with Crippen LogP contribution in [0.4, 0.5) is 0 Å². The van der Waals surface area contributed by atoms with E-state index in [0.717, 1.165) is 0 Å². The van der Waals surface area contributed by atoms with Gasteiger partial charge in [0.2, 0.25) is 0 Å². The molecular formula is C18H19N5O4. The highest BCUT2D eigenvalue weighted by Gasteiger charge is 2.19. The summed E-state index contributed by atoms with van der Waals surface area (Å²) in [4.78, 5) is 25.3. The van der Waals surface area contributed by atoms with Crippen LogP contribution in [-0.2, 0) is 20.2 Å². The fourth-order valence-corrected chi connectivity index (χ4v) is 2.37. The number of ketones is 1. The Bertz CT molecular complexity index is 962. The summed E-state index contributed by atoms with van der Waals surface area (Å²) < 4.78 is 12.5. The molecule has 9 heteroatoms. The standard InChI is InChI=1S/C18H19N5O4/c1-12(24)13-5-4-6-14(7-13)26-10-15-8-16(21-27-15)18(25)22(2)9-17-20-19-11-23(17)3/h4-8,11H,9-10H2,1-3H3. The molecule has 0 atom stereocenters. The maximum absolute atomic E-state index is 12.5. The highest BCUT2D eigenvalue weighted by molar-refractivity contribution is 5.94. The van der Waals surface area contributed by atoms with Gasteiger partial charge in [-0.1, -0.05) is 17.3 Å². The molecule has 0 radical (unpaired) electrons. The number of carbonyl (C=O) groups is 2. The van der Waals surface area contributed by atoms with Crippen LogP contribution in [0.5, 0.6) is 5.75 Å². The van der Waals surface area contributed by atoms with Crippen LogP contribution >= 0.6 is 0 Å². The van der Waals surface area contributed by atoms with Crippen molar-refractivity contribution in [3.8, 4) is 5.75 Å². The van der Waals surface area contributed by atoms with E-state index in [1.165, 1.54) is 17.9 Å². The van der Waals surface area contributed by atoms with E-state index < -0.39 is 0 Å². The van der Waals surface area contributed by atoms with Gasteiger partial charge in [-0.3, -0.25) is 9.59 Å². The number of hydrogen-bond donors (Lipinski definition) is 0. The van der Waals surface area contributed by atoms with Gasteiger partial charge in [-0.2, -0.15) is 0 Å². The molecule has 0 fully saturated rings. The number of aromatic nitrogens is 4. The van der Waals surface area contributed by atoms with Gasteiger partial charge in [-0.15, -0.1) is 10.2 Å². The van der Waals surface area contributed by atoms with Gasteiger partial charge in [0.15, 0.2) is 23.1 Å². The summed E-state index contributed by atoms with van der Waals surface area (Å²) in [5.74, 6) is 1.25. The molecule has 0 saturated carbocycles. The average molecular weight is 369 g/mol. The number of Topliss-reactive ketones (excluding diaryl/α,β-unsaturated/α-hetero) is 1. The first kappa shape index (κ1) is 18.3. The zero-order chi connectivity index (χ0) is 19.4. The van der Waals surface area contributed by atoms with Gasteiger partial charge in [0.1, 0.15) is 18.7 Å². The lowest BCUT2D eigenvalue weighted by Gasteiger charge is -2.14. The van der Waals surface area contributed by atoms with Gasteiger partial charge in [0, 0.05) is 25.7 Å². The topological polar surface area (TPSA) is 103 Å². The molecule has 27 heavy (non-hydrogen) atoms. The Labute approximate surface area is 155 Å². The first-order valence-corrected chi connectivity index (χ1v) is 8.22. The first-order valence-electron chi connectivity index (χ1n) is 8.22. The minimum absolute atomic E-state index is 0.0426. The molecule has 3 aromatic rings. The predicted molar refractivity (Wildman–Crippen MR) is 94.1 cm³/mol. The summed E-state index contributed by atoms with van der Waals surface area (Å²) in [5.41, 5.74) is 0.738. The molecule has 9 nitrogen and oxygen atoms in total. The Hall–Kier alpha value is -3.49. The smallest absolute Gasteiger partial charge is 0.276 e. The third kappa shape index (κ3) is 4.38. The van der Waals surface area contributed by atoms with E-state index in [1.807, 2.05) is 0 Å². The summed E-state index contributed by atoms with van der Waals surface area (Å²) in [6, 6.07) is 8.38. The Kier molecular flexibility index (Phi) is 5.30. The number of ether oxygens (including phenoxy) is 1. The van der Waals surface area contributed by atoms with Crippen molar-refractivity contribution < 1.29 is 18.8 Å². The van der Waals surface area contributed by atoms with Crippen molar-refractivity contribution in [2.24, 2.45) is 7.05 Å². The molecule has 0 unspecified atom stereocenters. The van der Waals surface area contributed by atoms with E-state index in [2.05, 4.69) is 15.4 Å². The molecule has 140 valence electrons. The highest BCUT2D eigenvalue weighted by Crippen LogP contribution is 2.16. The highest BCUT2D eigenvalue weighted by atomic mass is 16.5. The number of rotatable bonds is 7. The fraction of sp³-hybridized carbons (Fsp3) is 0.278. The third-order valence-corrected chi connectivity index (χ3v) is 3.93. The number of amides is 1. The SMILES string of the molecule is CC(=O)c1cccc(OCc2cc(C(=O)N(C)Cc3nncn3C)no2)c1. The normalized spacial score (nSPS) is 10.6. The molecule has 0 N–H and O–H groups in total. The van der Waals surface area contributed by atoms with E-state index in [-0.39, 0.29) is 24.0 Å². The zero-order valence-corrected chi connectivity index (χ0v) is 15.2. The molecule has 2 aromatic heterocycles. The summed E-state index contributed by atoms with van der Waals surface area (Å²) in [5, 5.41) is 11.5. The van der Waals surface area contributed by atoms with Gasteiger partial charge in [0.25, 0.3) is 5.91 Å². The Balaban J connectivity index is 1.61. The van der Waals surface area contributed by atoms with E-state index in [9.17, 15) is 9.59 Å². The van der Waals surface area contributed by atoms with Crippen LogP contribution < -0.4 is 4.74 Å². The molecule has 0 saturated heterocycles. The number of hydrogen-bond acceptors (Lipinski definition) is 7. The molecule has 0 aliphatic carbocycles. The monoisotopic (exact) mass is 369 g/mol. The van der Waals surface area contributed by atoms with Crippen LogP contribution in [0.1, 0.15) is 39.4 Å². The molecule has 1 amide bonds. The maximum Gasteiger partial charge on any atom is 0.276 e. The number of nitrogens with zero attached hydrogens (tertiary/aromatic N) is 5. The Morgan fingerprint density at radius 2 is 2.11 bits per heavy atom. The van der Waals surface area contributed by atoms with Gasteiger partial charge in [0.05, 0.1) is 6.54 Å². The van der Waals surface area contributed by atoms with Crippen LogP contribution in [-0.4, -0.2) is 43.6 Å². The quantitative estimate of drug-likeness (QED) is 0.586. The van der Waals surface area contributed by atoms with Gasteiger partial charge < -0.3 is 18.7 Å². The summed E-state index contributed by atoms with van der Waals surface area (Å²) >= 11 is 0.